The number of alkyl halides is 1. The highest BCUT2D eigenvalue weighted by molar-refractivity contribution is 5.80. The lowest BCUT2D eigenvalue weighted by atomic mass is 9.44. The van der Waals surface area contributed by atoms with E-state index >= 15 is 4.39 Å². The molecule has 166 valence electrons. The van der Waals surface area contributed by atoms with Crippen LogP contribution in [0, 0.1) is 46.3 Å². The average Bonchev–Trinajstić information content (AvgIpc) is 3.03. The summed E-state index contributed by atoms with van der Waals surface area (Å²) in [6.07, 6.45) is 10.2. The van der Waals surface area contributed by atoms with Gasteiger partial charge >= 0.3 is 0 Å². The van der Waals surface area contributed by atoms with Crippen molar-refractivity contribution >= 4 is 5.78 Å². The zero-order valence-electron chi connectivity index (χ0n) is 19.1. The van der Waals surface area contributed by atoms with Gasteiger partial charge in [-0.05, 0) is 105 Å². The molecule has 4 fully saturated rings. The highest BCUT2D eigenvalue weighted by Gasteiger charge is 2.61. The van der Waals surface area contributed by atoms with E-state index in [-0.39, 0.29) is 29.1 Å². The quantitative estimate of drug-likeness (QED) is 0.577. The van der Waals surface area contributed by atoms with E-state index in [1.165, 1.54) is 32.1 Å². The van der Waals surface area contributed by atoms with E-state index in [9.17, 15) is 9.90 Å². The summed E-state index contributed by atoms with van der Waals surface area (Å²) >= 11 is 0. The van der Waals surface area contributed by atoms with Gasteiger partial charge in [0.25, 0.3) is 0 Å². The summed E-state index contributed by atoms with van der Waals surface area (Å²) < 4.78 is 15.4. The Balaban J connectivity index is 1.46. The molecule has 0 heterocycles. The number of carbonyl (C=O) groups is 1. The molecule has 0 aliphatic heterocycles. The second-order valence-corrected chi connectivity index (χ2v) is 12.0. The van der Waals surface area contributed by atoms with Crippen molar-refractivity contribution in [3.8, 4) is 0 Å². The van der Waals surface area contributed by atoms with Crippen LogP contribution in [0.2, 0.25) is 0 Å². The van der Waals surface area contributed by atoms with E-state index in [1.807, 2.05) is 13.8 Å². The molecule has 4 rings (SSSR count). The van der Waals surface area contributed by atoms with Crippen LogP contribution in [0.4, 0.5) is 4.39 Å². The molecule has 29 heavy (non-hydrogen) atoms. The van der Waals surface area contributed by atoms with Gasteiger partial charge in [-0.3, -0.25) is 4.79 Å². The molecule has 0 aromatic carbocycles. The number of hydrogen-bond donors (Lipinski definition) is 1. The molecule has 4 aliphatic rings. The monoisotopic (exact) mass is 406 g/mol. The van der Waals surface area contributed by atoms with Gasteiger partial charge in [-0.25, -0.2) is 4.39 Å². The lowest BCUT2D eigenvalue weighted by Gasteiger charge is -2.61. The van der Waals surface area contributed by atoms with Crippen LogP contribution in [0.3, 0.4) is 0 Å². The normalized spacial score (nSPS) is 48.0. The summed E-state index contributed by atoms with van der Waals surface area (Å²) in [6.45, 7) is 8.75. The second-order valence-electron chi connectivity index (χ2n) is 12.0. The fraction of sp³-hybridized carbons (Fsp3) is 0.962. The van der Waals surface area contributed by atoms with Gasteiger partial charge in [0, 0.05) is 12.3 Å². The Labute approximate surface area is 177 Å². The van der Waals surface area contributed by atoms with E-state index in [1.54, 1.807) is 0 Å². The molecule has 0 aromatic rings. The fourth-order valence-electron chi connectivity index (χ4n) is 8.64. The van der Waals surface area contributed by atoms with Gasteiger partial charge in [-0.1, -0.05) is 27.7 Å². The molecule has 3 heteroatoms. The van der Waals surface area contributed by atoms with Crippen molar-refractivity contribution in [2.45, 2.75) is 111 Å². The van der Waals surface area contributed by atoms with Crippen molar-refractivity contribution in [3.63, 3.8) is 0 Å². The van der Waals surface area contributed by atoms with Gasteiger partial charge in [0.1, 0.15) is 12.0 Å². The number of aliphatic hydroxyl groups excluding tert-OH is 1. The second kappa shape index (κ2) is 7.92. The number of halogens is 1. The largest absolute Gasteiger partial charge is 0.393 e. The van der Waals surface area contributed by atoms with E-state index < -0.39 is 6.17 Å². The smallest absolute Gasteiger partial charge is 0.135 e. The summed E-state index contributed by atoms with van der Waals surface area (Å²) in [6, 6.07) is 0. The van der Waals surface area contributed by atoms with E-state index in [4.69, 9.17) is 0 Å². The minimum Gasteiger partial charge on any atom is -0.393 e. The first-order valence-corrected chi connectivity index (χ1v) is 12.5. The van der Waals surface area contributed by atoms with Crippen LogP contribution >= 0.6 is 0 Å². The topological polar surface area (TPSA) is 37.3 Å². The van der Waals surface area contributed by atoms with Crippen LogP contribution in [0.1, 0.15) is 98.3 Å². The molecule has 0 aromatic heterocycles. The predicted octanol–water partition coefficient (Wildman–Crippen LogP) is 6.35. The molecule has 0 spiro atoms. The summed E-state index contributed by atoms with van der Waals surface area (Å²) in [5.41, 5.74) is 0.513. The number of ketones is 1. The number of carbonyl (C=O) groups excluding carboxylic acids is 1. The molecule has 1 N–H and O–H groups in total. The van der Waals surface area contributed by atoms with Crippen LogP contribution in [0.25, 0.3) is 0 Å². The minimum absolute atomic E-state index is 0.0227. The molecule has 0 amide bonds. The third kappa shape index (κ3) is 3.62. The zero-order chi connectivity index (χ0) is 21.0. The van der Waals surface area contributed by atoms with Crippen LogP contribution in [0.15, 0.2) is 0 Å². The van der Waals surface area contributed by atoms with E-state index in [0.717, 1.165) is 37.5 Å². The Bertz CT molecular complexity index is 618. The van der Waals surface area contributed by atoms with Crippen molar-refractivity contribution in [1.29, 1.82) is 0 Å². The number of hydrogen-bond acceptors (Lipinski definition) is 2. The van der Waals surface area contributed by atoms with Gasteiger partial charge in [-0.15, -0.1) is 0 Å². The summed E-state index contributed by atoms with van der Waals surface area (Å²) in [5, 5.41) is 10.2. The van der Waals surface area contributed by atoms with Gasteiger partial charge in [-0.2, -0.15) is 0 Å². The van der Waals surface area contributed by atoms with Crippen LogP contribution < -0.4 is 0 Å². The molecule has 4 saturated carbocycles. The van der Waals surface area contributed by atoms with E-state index in [0.29, 0.717) is 30.1 Å². The lowest BCUT2D eigenvalue weighted by Crippen LogP contribution is -2.54. The molecular formula is C26H43FO2. The van der Waals surface area contributed by atoms with Crippen LogP contribution in [-0.4, -0.2) is 23.2 Å². The van der Waals surface area contributed by atoms with Gasteiger partial charge in [0.2, 0.25) is 0 Å². The molecular weight excluding hydrogens is 363 g/mol. The van der Waals surface area contributed by atoms with Crippen molar-refractivity contribution in [2.75, 3.05) is 0 Å². The third-order valence-corrected chi connectivity index (χ3v) is 10.5. The Kier molecular flexibility index (Phi) is 5.94. The zero-order valence-corrected chi connectivity index (χ0v) is 19.1. The molecule has 0 radical (unpaired) electrons. The molecule has 9 atom stereocenters. The first kappa shape index (κ1) is 21.8. The highest BCUT2D eigenvalue weighted by Crippen LogP contribution is 2.68. The molecule has 9 unspecified atom stereocenters. The number of fused-ring (bicyclic) bond motifs is 5. The average molecular weight is 407 g/mol. The minimum atomic E-state index is -0.819. The molecule has 2 nitrogen and oxygen atoms in total. The maximum Gasteiger partial charge on any atom is 0.135 e. The standard InChI is InChI=1S/C26H43FO2/c1-16(2)24(29)10-9-23(27)22-8-7-20-19-6-5-17-15-18(28)11-13-25(17,3)21(19)12-14-26(20,22)4/h16-23,28H,5-15H2,1-4H3. The predicted molar refractivity (Wildman–Crippen MR) is 115 cm³/mol. The fourth-order valence-corrected chi connectivity index (χ4v) is 8.64. The Morgan fingerprint density at radius 3 is 2.41 bits per heavy atom. The summed E-state index contributed by atoms with van der Waals surface area (Å²) in [5.74, 6) is 3.24. The number of aliphatic hydroxyl groups is 1. The van der Waals surface area contributed by atoms with E-state index in [2.05, 4.69) is 13.8 Å². The maximum absolute atomic E-state index is 15.4. The van der Waals surface area contributed by atoms with Crippen molar-refractivity contribution in [1.82, 2.24) is 0 Å². The SMILES string of the molecule is CC(C)C(=O)CCC(F)C1CCC2C3CCC4CC(O)CCC4(C)C3CCC12C. The lowest BCUT2D eigenvalue weighted by molar-refractivity contribution is -0.131. The molecule has 4 aliphatic carbocycles. The highest BCUT2D eigenvalue weighted by atomic mass is 19.1. The first-order chi connectivity index (χ1) is 13.7. The summed E-state index contributed by atoms with van der Waals surface area (Å²) in [7, 11) is 0. The number of Topliss-reactive ketones (excluding diaryl/α,β-unsaturated/α-hetero) is 1. The van der Waals surface area contributed by atoms with Crippen LogP contribution in [0.5, 0.6) is 0 Å². The Hall–Kier alpha value is -0.440. The van der Waals surface area contributed by atoms with Gasteiger partial charge in [0.05, 0.1) is 6.10 Å². The van der Waals surface area contributed by atoms with Crippen molar-refractivity contribution < 1.29 is 14.3 Å². The van der Waals surface area contributed by atoms with Gasteiger partial charge in [0.15, 0.2) is 0 Å². The Morgan fingerprint density at radius 2 is 1.69 bits per heavy atom. The van der Waals surface area contributed by atoms with Crippen molar-refractivity contribution in [3.05, 3.63) is 0 Å². The number of rotatable bonds is 5. The molecule has 0 saturated heterocycles. The first-order valence-electron chi connectivity index (χ1n) is 12.5. The molecule has 0 bridgehead atoms. The van der Waals surface area contributed by atoms with Crippen LogP contribution in [-0.2, 0) is 4.79 Å². The van der Waals surface area contributed by atoms with Gasteiger partial charge < -0.3 is 5.11 Å². The summed E-state index contributed by atoms with van der Waals surface area (Å²) in [4.78, 5) is 12.0. The van der Waals surface area contributed by atoms with Crippen molar-refractivity contribution in [2.24, 2.45) is 46.3 Å². The Morgan fingerprint density at radius 1 is 1.00 bits per heavy atom. The maximum atomic E-state index is 15.4. The third-order valence-electron chi connectivity index (χ3n) is 10.5.